The number of hydrogen-bond acceptors (Lipinski definition) is 4. The van der Waals surface area contributed by atoms with Crippen LogP contribution in [0.25, 0.3) is 0 Å². The van der Waals surface area contributed by atoms with E-state index in [9.17, 15) is 0 Å². The molecule has 0 spiro atoms. The van der Waals surface area contributed by atoms with Crippen LogP contribution in [0.2, 0.25) is 0 Å². The third kappa shape index (κ3) is 4.18. The molecule has 1 aromatic carbocycles. The molecule has 0 aromatic heterocycles. The maximum Gasteiger partial charge on any atom is 0.119 e. The van der Waals surface area contributed by atoms with Crippen LogP contribution in [-0.2, 0) is 17.8 Å². The average Bonchev–Trinajstić information content (AvgIpc) is 2.25. The molecule has 90 valence electrons. The predicted molar refractivity (Wildman–Crippen MR) is 64.2 cm³/mol. The standard InChI is InChI=1S/C12H20N2O2/c1-14(2)9-11-6-10(4-5-16-13)7-12(8-11)15-3/h6-8H,4-5,9,13H2,1-3H3. The van der Waals surface area contributed by atoms with E-state index in [0.29, 0.717) is 6.61 Å². The van der Waals surface area contributed by atoms with Crippen molar-refractivity contribution in [2.24, 2.45) is 5.90 Å². The second kappa shape index (κ2) is 6.48. The highest BCUT2D eigenvalue weighted by atomic mass is 16.6. The van der Waals surface area contributed by atoms with Crippen molar-refractivity contribution in [2.75, 3.05) is 27.8 Å². The van der Waals surface area contributed by atoms with E-state index in [1.807, 2.05) is 26.2 Å². The van der Waals surface area contributed by atoms with E-state index in [4.69, 9.17) is 10.6 Å². The van der Waals surface area contributed by atoms with Gasteiger partial charge in [-0.05, 0) is 43.8 Å². The van der Waals surface area contributed by atoms with Crippen LogP contribution in [0.1, 0.15) is 11.1 Å². The molecule has 0 fully saturated rings. The fourth-order valence-electron chi connectivity index (χ4n) is 1.62. The Bertz CT molecular complexity index is 327. The molecular weight excluding hydrogens is 204 g/mol. The van der Waals surface area contributed by atoms with Gasteiger partial charge >= 0.3 is 0 Å². The second-order valence-electron chi connectivity index (χ2n) is 4.05. The van der Waals surface area contributed by atoms with Gasteiger partial charge in [0, 0.05) is 6.54 Å². The van der Waals surface area contributed by atoms with Crippen LogP contribution in [0.15, 0.2) is 18.2 Å². The number of methoxy groups -OCH3 is 1. The topological polar surface area (TPSA) is 47.7 Å². The summed E-state index contributed by atoms with van der Waals surface area (Å²) < 4.78 is 5.27. The van der Waals surface area contributed by atoms with Crippen LogP contribution in [0.4, 0.5) is 0 Å². The lowest BCUT2D eigenvalue weighted by molar-refractivity contribution is 0.141. The van der Waals surface area contributed by atoms with Gasteiger partial charge in [-0.2, -0.15) is 0 Å². The fraction of sp³-hybridized carbons (Fsp3) is 0.500. The first kappa shape index (κ1) is 13.0. The van der Waals surface area contributed by atoms with Crippen molar-refractivity contribution in [3.8, 4) is 5.75 Å². The molecular formula is C12H20N2O2. The number of benzene rings is 1. The van der Waals surface area contributed by atoms with Crippen LogP contribution in [0.5, 0.6) is 5.75 Å². The quantitative estimate of drug-likeness (QED) is 0.737. The summed E-state index contributed by atoms with van der Waals surface area (Å²) in [4.78, 5) is 6.71. The number of hydrogen-bond donors (Lipinski definition) is 1. The van der Waals surface area contributed by atoms with Crippen molar-refractivity contribution in [3.05, 3.63) is 29.3 Å². The first-order chi connectivity index (χ1) is 7.65. The predicted octanol–water partition coefficient (Wildman–Crippen LogP) is 1.19. The van der Waals surface area contributed by atoms with Gasteiger partial charge in [0.25, 0.3) is 0 Å². The highest BCUT2D eigenvalue weighted by molar-refractivity contribution is 5.34. The molecule has 4 heteroatoms. The molecule has 0 aliphatic heterocycles. The molecule has 16 heavy (non-hydrogen) atoms. The van der Waals surface area contributed by atoms with Crippen LogP contribution >= 0.6 is 0 Å². The molecule has 0 aliphatic carbocycles. The summed E-state index contributed by atoms with van der Waals surface area (Å²) in [5.41, 5.74) is 2.41. The minimum Gasteiger partial charge on any atom is -0.497 e. The Kier molecular flexibility index (Phi) is 5.25. The summed E-state index contributed by atoms with van der Waals surface area (Å²) in [5.74, 6) is 5.91. The minimum absolute atomic E-state index is 0.522. The van der Waals surface area contributed by atoms with E-state index in [1.54, 1.807) is 7.11 Å². The van der Waals surface area contributed by atoms with Crippen LogP contribution in [-0.4, -0.2) is 32.7 Å². The van der Waals surface area contributed by atoms with Crippen molar-refractivity contribution in [2.45, 2.75) is 13.0 Å². The highest BCUT2D eigenvalue weighted by Gasteiger charge is 2.02. The maximum absolute atomic E-state index is 5.27. The Balaban J connectivity index is 2.82. The Hall–Kier alpha value is -1.10. The number of nitrogens with two attached hydrogens (primary N) is 1. The van der Waals surface area contributed by atoms with Crippen molar-refractivity contribution in [1.82, 2.24) is 4.90 Å². The normalized spacial score (nSPS) is 10.8. The molecule has 1 rings (SSSR count). The monoisotopic (exact) mass is 224 g/mol. The maximum atomic E-state index is 5.27. The largest absolute Gasteiger partial charge is 0.497 e. The fourth-order valence-corrected chi connectivity index (χ4v) is 1.62. The smallest absolute Gasteiger partial charge is 0.119 e. The van der Waals surface area contributed by atoms with Gasteiger partial charge in [0.2, 0.25) is 0 Å². The molecule has 0 amide bonds. The summed E-state index contributed by atoms with van der Waals surface area (Å²) in [7, 11) is 5.77. The Morgan fingerprint density at radius 1 is 1.19 bits per heavy atom. The average molecular weight is 224 g/mol. The molecule has 0 saturated heterocycles. The summed E-state index contributed by atoms with van der Waals surface area (Å²) in [5, 5.41) is 0. The van der Waals surface area contributed by atoms with Crippen LogP contribution in [0, 0.1) is 0 Å². The zero-order valence-electron chi connectivity index (χ0n) is 10.2. The van der Waals surface area contributed by atoms with Gasteiger partial charge in [0.15, 0.2) is 0 Å². The lowest BCUT2D eigenvalue weighted by Gasteiger charge is -2.12. The first-order valence-electron chi connectivity index (χ1n) is 5.29. The molecule has 0 radical (unpaired) electrons. The van der Waals surface area contributed by atoms with E-state index in [-0.39, 0.29) is 0 Å². The van der Waals surface area contributed by atoms with Gasteiger partial charge in [-0.3, -0.25) is 0 Å². The van der Waals surface area contributed by atoms with Crippen LogP contribution in [0.3, 0.4) is 0 Å². The lowest BCUT2D eigenvalue weighted by Crippen LogP contribution is -2.11. The minimum atomic E-state index is 0.522. The molecule has 0 atom stereocenters. The Morgan fingerprint density at radius 2 is 1.88 bits per heavy atom. The van der Waals surface area contributed by atoms with E-state index in [1.165, 1.54) is 11.1 Å². The van der Waals surface area contributed by atoms with Crippen molar-refractivity contribution >= 4 is 0 Å². The number of ether oxygens (including phenoxy) is 1. The second-order valence-corrected chi connectivity index (χ2v) is 4.05. The van der Waals surface area contributed by atoms with Crippen molar-refractivity contribution in [3.63, 3.8) is 0 Å². The molecule has 1 aromatic rings. The summed E-state index contributed by atoms with van der Waals surface area (Å²) in [6, 6.07) is 6.21. The summed E-state index contributed by atoms with van der Waals surface area (Å²) in [6.45, 7) is 1.42. The zero-order valence-corrected chi connectivity index (χ0v) is 10.2. The lowest BCUT2D eigenvalue weighted by atomic mass is 10.1. The van der Waals surface area contributed by atoms with Crippen molar-refractivity contribution in [1.29, 1.82) is 0 Å². The molecule has 0 heterocycles. The van der Waals surface area contributed by atoms with E-state index >= 15 is 0 Å². The summed E-state index contributed by atoms with van der Waals surface area (Å²) in [6.07, 6.45) is 0.800. The first-order valence-corrected chi connectivity index (χ1v) is 5.29. The summed E-state index contributed by atoms with van der Waals surface area (Å²) >= 11 is 0. The zero-order chi connectivity index (χ0) is 12.0. The highest BCUT2D eigenvalue weighted by Crippen LogP contribution is 2.18. The third-order valence-corrected chi connectivity index (χ3v) is 2.27. The molecule has 4 nitrogen and oxygen atoms in total. The molecule has 2 N–H and O–H groups in total. The van der Waals surface area contributed by atoms with Gasteiger partial charge in [-0.25, -0.2) is 5.90 Å². The van der Waals surface area contributed by atoms with Gasteiger partial charge in [0.1, 0.15) is 5.75 Å². The van der Waals surface area contributed by atoms with Gasteiger partial charge in [0.05, 0.1) is 13.7 Å². The SMILES string of the molecule is COc1cc(CCON)cc(CN(C)C)c1. The van der Waals surface area contributed by atoms with E-state index < -0.39 is 0 Å². The molecule has 0 saturated carbocycles. The number of rotatable bonds is 6. The molecule has 0 unspecified atom stereocenters. The van der Waals surface area contributed by atoms with Gasteiger partial charge in [-0.15, -0.1) is 0 Å². The van der Waals surface area contributed by atoms with E-state index in [2.05, 4.69) is 15.8 Å². The number of nitrogens with zero attached hydrogens (tertiary/aromatic N) is 1. The molecule has 0 bridgehead atoms. The van der Waals surface area contributed by atoms with E-state index in [0.717, 1.165) is 18.7 Å². The van der Waals surface area contributed by atoms with Gasteiger partial charge < -0.3 is 14.5 Å². The van der Waals surface area contributed by atoms with Crippen molar-refractivity contribution < 1.29 is 9.57 Å². The van der Waals surface area contributed by atoms with Crippen LogP contribution < -0.4 is 10.6 Å². The third-order valence-electron chi connectivity index (χ3n) is 2.27. The Morgan fingerprint density at radius 3 is 2.44 bits per heavy atom. The molecule has 0 aliphatic rings. The van der Waals surface area contributed by atoms with Gasteiger partial charge in [-0.1, -0.05) is 6.07 Å². The Labute approximate surface area is 96.9 Å².